The SMILES string of the molecule is COc1ccccc1CN(C)C(=O)c1ccccc1F. The molecular weight excluding hydrogens is 257 g/mol. The second-order valence-electron chi connectivity index (χ2n) is 4.45. The van der Waals surface area contributed by atoms with Gasteiger partial charge >= 0.3 is 0 Å². The van der Waals surface area contributed by atoms with Crippen LogP contribution < -0.4 is 4.74 Å². The molecule has 3 nitrogen and oxygen atoms in total. The van der Waals surface area contributed by atoms with Gasteiger partial charge in [0.25, 0.3) is 5.91 Å². The maximum atomic E-state index is 13.6. The summed E-state index contributed by atoms with van der Waals surface area (Å²) in [6.45, 7) is 0.358. The number of ether oxygens (including phenoxy) is 1. The topological polar surface area (TPSA) is 29.5 Å². The molecular formula is C16H16FNO2. The number of para-hydroxylation sites is 1. The van der Waals surface area contributed by atoms with Gasteiger partial charge < -0.3 is 9.64 Å². The van der Waals surface area contributed by atoms with Crippen LogP contribution in [0.4, 0.5) is 4.39 Å². The van der Waals surface area contributed by atoms with Gasteiger partial charge in [0.2, 0.25) is 0 Å². The normalized spacial score (nSPS) is 10.2. The van der Waals surface area contributed by atoms with Gasteiger partial charge in [-0.1, -0.05) is 30.3 Å². The first kappa shape index (κ1) is 14.1. The van der Waals surface area contributed by atoms with Crippen molar-refractivity contribution < 1.29 is 13.9 Å². The van der Waals surface area contributed by atoms with Crippen molar-refractivity contribution in [3.05, 3.63) is 65.5 Å². The minimum atomic E-state index is -0.510. The van der Waals surface area contributed by atoms with Crippen molar-refractivity contribution in [3.63, 3.8) is 0 Å². The Bertz CT molecular complexity index is 613. The van der Waals surface area contributed by atoms with E-state index in [0.717, 1.165) is 5.56 Å². The standard InChI is InChI=1S/C16H16FNO2/c1-18(11-12-7-3-6-10-15(12)20-2)16(19)13-8-4-5-9-14(13)17/h3-10H,11H2,1-2H3. The van der Waals surface area contributed by atoms with Crippen LogP contribution >= 0.6 is 0 Å². The van der Waals surface area contributed by atoms with Gasteiger partial charge in [0.15, 0.2) is 0 Å². The van der Waals surface area contributed by atoms with Crippen LogP contribution in [0.15, 0.2) is 48.5 Å². The molecule has 0 saturated carbocycles. The first-order valence-electron chi connectivity index (χ1n) is 6.25. The monoisotopic (exact) mass is 273 g/mol. The van der Waals surface area contributed by atoms with Gasteiger partial charge in [0.05, 0.1) is 12.7 Å². The van der Waals surface area contributed by atoms with E-state index in [0.29, 0.717) is 12.3 Å². The highest BCUT2D eigenvalue weighted by molar-refractivity contribution is 5.94. The van der Waals surface area contributed by atoms with Crippen LogP contribution in [0.2, 0.25) is 0 Å². The van der Waals surface area contributed by atoms with E-state index in [2.05, 4.69) is 0 Å². The molecule has 2 rings (SSSR count). The predicted molar refractivity (Wildman–Crippen MR) is 75.2 cm³/mol. The Kier molecular flexibility index (Phi) is 4.35. The smallest absolute Gasteiger partial charge is 0.256 e. The first-order valence-corrected chi connectivity index (χ1v) is 6.25. The molecule has 104 valence electrons. The molecule has 4 heteroatoms. The van der Waals surface area contributed by atoms with Crippen LogP contribution in [0.5, 0.6) is 5.75 Å². The van der Waals surface area contributed by atoms with Crippen LogP contribution in [-0.4, -0.2) is 25.0 Å². The molecule has 0 aliphatic carbocycles. The summed E-state index contributed by atoms with van der Waals surface area (Å²) in [4.78, 5) is 13.7. The lowest BCUT2D eigenvalue weighted by Crippen LogP contribution is -2.27. The highest BCUT2D eigenvalue weighted by atomic mass is 19.1. The van der Waals surface area contributed by atoms with E-state index in [9.17, 15) is 9.18 Å². The molecule has 0 saturated heterocycles. The van der Waals surface area contributed by atoms with Crippen molar-refractivity contribution in [2.75, 3.05) is 14.2 Å². The molecule has 0 unspecified atom stereocenters. The number of carbonyl (C=O) groups excluding carboxylic acids is 1. The number of amides is 1. The summed E-state index contributed by atoms with van der Waals surface area (Å²) in [6.07, 6.45) is 0. The van der Waals surface area contributed by atoms with Crippen molar-refractivity contribution in [2.24, 2.45) is 0 Å². The van der Waals surface area contributed by atoms with Gasteiger partial charge in [-0.25, -0.2) is 4.39 Å². The van der Waals surface area contributed by atoms with E-state index < -0.39 is 5.82 Å². The summed E-state index contributed by atoms with van der Waals surface area (Å²) in [5.74, 6) is -0.154. The van der Waals surface area contributed by atoms with Gasteiger partial charge in [-0.2, -0.15) is 0 Å². The molecule has 0 heterocycles. The quantitative estimate of drug-likeness (QED) is 0.856. The molecule has 0 spiro atoms. The fourth-order valence-corrected chi connectivity index (χ4v) is 2.00. The second kappa shape index (κ2) is 6.19. The van der Waals surface area contributed by atoms with E-state index >= 15 is 0 Å². The zero-order valence-corrected chi connectivity index (χ0v) is 11.5. The Morgan fingerprint density at radius 3 is 2.50 bits per heavy atom. The zero-order chi connectivity index (χ0) is 14.5. The van der Waals surface area contributed by atoms with Crippen molar-refractivity contribution in [1.29, 1.82) is 0 Å². The maximum Gasteiger partial charge on any atom is 0.256 e. The van der Waals surface area contributed by atoms with Crippen LogP contribution in [0.3, 0.4) is 0 Å². The lowest BCUT2D eigenvalue weighted by Gasteiger charge is -2.19. The van der Waals surface area contributed by atoms with Crippen molar-refractivity contribution >= 4 is 5.91 Å². The highest BCUT2D eigenvalue weighted by Gasteiger charge is 2.16. The molecule has 0 atom stereocenters. The number of carbonyl (C=O) groups is 1. The Morgan fingerprint density at radius 1 is 1.15 bits per heavy atom. The van der Waals surface area contributed by atoms with Gasteiger partial charge in [-0.05, 0) is 18.2 Å². The maximum absolute atomic E-state index is 13.6. The van der Waals surface area contributed by atoms with Crippen molar-refractivity contribution in [2.45, 2.75) is 6.54 Å². The van der Waals surface area contributed by atoms with E-state index in [-0.39, 0.29) is 11.5 Å². The number of benzene rings is 2. The number of nitrogens with zero attached hydrogens (tertiary/aromatic N) is 1. The van der Waals surface area contributed by atoms with Gasteiger partial charge in [0.1, 0.15) is 11.6 Å². The molecule has 0 aliphatic heterocycles. The Balaban J connectivity index is 2.18. The van der Waals surface area contributed by atoms with E-state index in [1.807, 2.05) is 24.3 Å². The Hall–Kier alpha value is -2.36. The molecule has 2 aromatic carbocycles. The lowest BCUT2D eigenvalue weighted by atomic mass is 10.1. The molecule has 0 radical (unpaired) electrons. The first-order chi connectivity index (χ1) is 9.63. The highest BCUT2D eigenvalue weighted by Crippen LogP contribution is 2.20. The minimum absolute atomic E-state index is 0.0740. The number of methoxy groups -OCH3 is 1. The third kappa shape index (κ3) is 2.96. The van der Waals surface area contributed by atoms with E-state index in [1.165, 1.54) is 17.0 Å². The minimum Gasteiger partial charge on any atom is -0.496 e. The van der Waals surface area contributed by atoms with Crippen molar-refractivity contribution in [1.82, 2.24) is 4.90 Å². The van der Waals surface area contributed by atoms with Crippen LogP contribution in [0.25, 0.3) is 0 Å². The molecule has 0 aliphatic rings. The van der Waals surface area contributed by atoms with Gasteiger partial charge in [-0.15, -0.1) is 0 Å². The third-order valence-electron chi connectivity index (χ3n) is 3.05. The Morgan fingerprint density at radius 2 is 1.80 bits per heavy atom. The van der Waals surface area contributed by atoms with Crippen LogP contribution in [0, 0.1) is 5.82 Å². The van der Waals surface area contributed by atoms with E-state index in [4.69, 9.17) is 4.74 Å². The molecule has 0 N–H and O–H groups in total. The summed E-state index contributed by atoms with van der Waals surface area (Å²) in [5, 5.41) is 0. The summed E-state index contributed by atoms with van der Waals surface area (Å²) < 4.78 is 18.9. The molecule has 20 heavy (non-hydrogen) atoms. The number of rotatable bonds is 4. The molecule has 0 bridgehead atoms. The summed E-state index contributed by atoms with van der Waals surface area (Å²) >= 11 is 0. The fourth-order valence-electron chi connectivity index (χ4n) is 2.00. The number of halogens is 1. The second-order valence-corrected chi connectivity index (χ2v) is 4.45. The average Bonchev–Trinajstić information content (AvgIpc) is 2.47. The summed E-state index contributed by atoms with van der Waals surface area (Å²) in [7, 11) is 3.22. The molecule has 0 fully saturated rings. The fraction of sp³-hybridized carbons (Fsp3) is 0.188. The average molecular weight is 273 g/mol. The van der Waals surface area contributed by atoms with Crippen molar-refractivity contribution in [3.8, 4) is 5.75 Å². The summed E-state index contributed by atoms with van der Waals surface area (Å²) in [6, 6.07) is 13.4. The molecule has 2 aromatic rings. The summed E-state index contributed by atoms with van der Waals surface area (Å²) in [5.41, 5.74) is 0.951. The number of hydrogen-bond acceptors (Lipinski definition) is 2. The van der Waals surface area contributed by atoms with E-state index in [1.54, 1.807) is 26.3 Å². The molecule has 1 amide bonds. The van der Waals surface area contributed by atoms with Gasteiger partial charge in [0, 0.05) is 19.2 Å². The third-order valence-corrected chi connectivity index (χ3v) is 3.05. The number of hydrogen-bond donors (Lipinski definition) is 0. The lowest BCUT2D eigenvalue weighted by molar-refractivity contribution is 0.0779. The van der Waals surface area contributed by atoms with Gasteiger partial charge in [-0.3, -0.25) is 4.79 Å². The molecule has 0 aromatic heterocycles. The van der Waals surface area contributed by atoms with Crippen LogP contribution in [0.1, 0.15) is 15.9 Å². The van der Waals surface area contributed by atoms with Crippen LogP contribution in [-0.2, 0) is 6.54 Å². The zero-order valence-electron chi connectivity index (χ0n) is 11.5. The predicted octanol–water partition coefficient (Wildman–Crippen LogP) is 3.11. The Labute approximate surface area is 117 Å². The largest absolute Gasteiger partial charge is 0.496 e.